The average Bonchev–Trinajstić information content (AvgIpc) is 2.23. The Bertz CT molecular complexity index is 341. The number of aryl methyl sites for hydroxylation is 2. The third-order valence-electron chi connectivity index (χ3n) is 3.26. The van der Waals surface area contributed by atoms with Crippen molar-refractivity contribution in [1.29, 1.82) is 0 Å². The zero-order chi connectivity index (χ0) is 12.8. The van der Waals surface area contributed by atoms with Gasteiger partial charge in [0.25, 0.3) is 0 Å². The molecule has 0 spiro atoms. The van der Waals surface area contributed by atoms with Crippen molar-refractivity contribution in [3.05, 3.63) is 34.9 Å². The minimum atomic E-state index is 0.600. The number of hydrogen-bond donors (Lipinski definition) is 1. The third kappa shape index (κ3) is 5.36. The number of nitrogens with one attached hydrogen (secondary N) is 1. The molecular weight excluding hydrogens is 206 g/mol. The van der Waals surface area contributed by atoms with Crippen molar-refractivity contribution >= 4 is 0 Å². The predicted molar refractivity (Wildman–Crippen MR) is 76.5 cm³/mol. The van der Waals surface area contributed by atoms with Crippen LogP contribution in [0.4, 0.5) is 0 Å². The van der Waals surface area contributed by atoms with E-state index in [2.05, 4.69) is 58.1 Å². The molecule has 0 aliphatic heterocycles. The van der Waals surface area contributed by atoms with Crippen LogP contribution in [0.25, 0.3) is 0 Å². The molecule has 1 aromatic carbocycles. The van der Waals surface area contributed by atoms with E-state index in [9.17, 15) is 0 Å². The molecule has 1 nitrogen and oxygen atoms in total. The first-order valence-corrected chi connectivity index (χ1v) is 6.78. The molecule has 17 heavy (non-hydrogen) atoms. The Morgan fingerprint density at radius 3 is 2.47 bits per heavy atom. The van der Waals surface area contributed by atoms with Gasteiger partial charge in [-0.2, -0.15) is 0 Å². The van der Waals surface area contributed by atoms with Crippen molar-refractivity contribution in [3.63, 3.8) is 0 Å². The van der Waals surface area contributed by atoms with Crippen molar-refractivity contribution in [2.75, 3.05) is 6.54 Å². The number of benzene rings is 1. The van der Waals surface area contributed by atoms with Crippen molar-refractivity contribution in [2.24, 2.45) is 5.92 Å². The molecule has 0 aliphatic rings. The first-order valence-electron chi connectivity index (χ1n) is 6.78. The van der Waals surface area contributed by atoms with Gasteiger partial charge in [0.05, 0.1) is 0 Å². The highest BCUT2D eigenvalue weighted by atomic mass is 14.9. The Kier molecular flexibility index (Phi) is 5.70. The minimum absolute atomic E-state index is 0.600. The standard InChI is InChI=1S/C16H27N/c1-12(2)17-9-8-14(4)11-16-10-13(3)6-7-15(16)5/h6-7,10,12,14,17H,8-9,11H2,1-5H3. The van der Waals surface area contributed by atoms with Gasteiger partial charge in [0.15, 0.2) is 0 Å². The van der Waals surface area contributed by atoms with Crippen LogP contribution in [0.15, 0.2) is 18.2 Å². The first kappa shape index (κ1) is 14.2. The molecule has 1 N–H and O–H groups in total. The summed E-state index contributed by atoms with van der Waals surface area (Å²) in [5.74, 6) is 0.752. The van der Waals surface area contributed by atoms with Crippen LogP contribution >= 0.6 is 0 Å². The highest BCUT2D eigenvalue weighted by molar-refractivity contribution is 5.30. The van der Waals surface area contributed by atoms with Crippen molar-refractivity contribution in [2.45, 2.75) is 53.5 Å². The van der Waals surface area contributed by atoms with Gasteiger partial charge in [0.1, 0.15) is 0 Å². The van der Waals surface area contributed by atoms with E-state index >= 15 is 0 Å². The zero-order valence-corrected chi connectivity index (χ0v) is 12.0. The van der Waals surface area contributed by atoms with E-state index in [0.29, 0.717) is 6.04 Å². The Hall–Kier alpha value is -0.820. The van der Waals surface area contributed by atoms with Crippen LogP contribution in [-0.4, -0.2) is 12.6 Å². The fourth-order valence-corrected chi connectivity index (χ4v) is 2.12. The molecule has 0 aliphatic carbocycles. The van der Waals surface area contributed by atoms with Crippen LogP contribution in [0, 0.1) is 19.8 Å². The molecule has 1 aromatic rings. The topological polar surface area (TPSA) is 12.0 Å². The fraction of sp³-hybridized carbons (Fsp3) is 0.625. The summed E-state index contributed by atoms with van der Waals surface area (Å²) in [7, 11) is 0. The summed E-state index contributed by atoms with van der Waals surface area (Å²) >= 11 is 0. The van der Waals surface area contributed by atoms with E-state index in [1.54, 1.807) is 0 Å². The summed E-state index contributed by atoms with van der Waals surface area (Å²) in [6.45, 7) is 12.3. The SMILES string of the molecule is Cc1ccc(C)c(CC(C)CCNC(C)C)c1. The highest BCUT2D eigenvalue weighted by Gasteiger charge is 2.06. The molecule has 1 rings (SSSR count). The molecule has 1 atom stereocenters. The maximum absolute atomic E-state index is 3.49. The Balaban J connectivity index is 2.44. The summed E-state index contributed by atoms with van der Waals surface area (Å²) in [6, 6.07) is 7.37. The normalized spacial score (nSPS) is 13.1. The fourth-order valence-electron chi connectivity index (χ4n) is 2.12. The summed E-state index contributed by atoms with van der Waals surface area (Å²) in [5.41, 5.74) is 4.32. The monoisotopic (exact) mass is 233 g/mol. The van der Waals surface area contributed by atoms with E-state index in [1.807, 2.05) is 0 Å². The van der Waals surface area contributed by atoms with Gasteiger partial charge >= 0.3 is 0 Å². The summed E-state index contributed by atoms with van der Waals surface area (Å²) in [5, 5.41) is 3.49. The second kappa shape index (κ2) is 6.80. The van der Waals surface area contributed by atoms with Crippen LogP contribution in [-0.2, 0) is 6.42 Å². The molecule has 0 radical (unpaired) electrons. The van der Waals surface area contributed by atoms with Crippen molar-refractivity contribution in [1.82, 2.24) is 5.32 Å². The zero-order valence-electron chi connectivity index (χ0n) is 12.0. The minimum Gasteiger partial charge on any atom is -0.315 e. The number of hydrogen-bond acceptors (Lipinski definition) is 1. The molecule has 0 aromatic heterocycles. The summed E-state index contributed by atoms with van der Waals surface area (Å²) < 4.78 is 0. The van der Waals surface area contributed by atoms with Gasteiger partial charge < -0.3 is 5.32 Å². The van der Waals surface area contributed by atoms with E-state index in [1.165, 1.54) is 29.5 Å². The van der Waals surface area contributed by atoms with Crippen molar-refractivity contribution in [3.8, 4) is 0 Å². The lowest BCUT2D eigenvalue weighted by molar-refractivity contribution is 0.475. The quantitative estimate of drug-likeness (QED) is 0.786. The second-order valence-corrected chi connectivity index (χ2v) is 5.64. The average molecular weight is 233 g/mol. The van der Waals surface area contributed by atoms with Gasteiger partial charge in [-0.3, -0.25) is 0 Å². The summed E-state index contributed by atoms with van der Waals surface area (Å²) in [4.78, 5) is 0. The molecule has 0 saturated carbocycles. The van der Waals surface area contributed by atoms with Gasteiger partial charge in [-0.25, -0.2) is 0 Å². The second-order valence-electron chi connectivity index (χ2n) is 5.64. The molecule has 0 amide bonds. The van der Waals surface area contributed by atoms with E-state index in [-0.39, 0.29) is 0 Å². The molecule has 1 heteroatoms. The predicted octanol–water partition coefficient (Wildman–Crippen LogP) is 3.87. The van der Waals surface area contributed by atoms with Crippen LogP contribution in [0.1, 0.15) is 43.9 Å². The van der Waals surface area contributed by atoms with Gasteiger partial charge in [-0.15, -0.1) is 0 Å². The molecule has 1 unspecified atom stereocenters. The molecule has 0 saturated heterocycles. The van der Waals surface area contributed by atoms with Crippen LogP contribution < -0.4 is 5.32 Å². The van der Waals surface area contributed by atoms with E-state index in [0.717, 1.165) is 12.5 Å². The smallest absolute Gasteiger partial charge is 0.00103 e. The number of rotatable bonds is 6. The van der Waals surface area contributed by atoms with Gasteiger partial charge in [-0.1, -0.05) is 44.5 Å². The van der Waals surface area contributed by atoms with Crippen LogP contribution in [0.5, 0.6) is 0 Å². The Morgan fingerprint density at radius 1 is 1.12 bits per heavy atom. The maximum atomic E-state index is 3.49. The van der Waals surface area contributed by atoms with E-state index < -0.39 is 0 Å². The maximum Gasteiger partial charge on any atom is 0.00103 e. The molecular formula is C16H27N. The third-order valence-corrected chi connectivity index (χ3v) is 3.26. The summed E-state index contributed by atoms with van der Waals surface area (Å²) in [6.07, 6.45) is 2.46. The highest BCUT2D eigenvalue weighted by Crippen LogP contribution is 2.17. The lowest BCUT2D eigenvalue weighted by Crippen LogP contribution is -2.25. The van der Waals surface area contributed by atoms with Crippen LogP contribution in [0.2, 0.25) is 0 Å². The van der Waals surface area contributed by atoms with E-state index in [4.69, 9.17) is 0 Å². The molecule has 0 fully saturated rings. The first-order chi connectivity index (χ1) is 7.99. The Morgan fingerprint density at radius 2 is 1.82 bits per heavy atom. The molecule has 0 bridgehead atoms. The van der Waals surface area contributed by atoms with Gasteiger partial charge in [0.2, 0.25) is 0 Å². The Labute approximate surface area is 107 Å². The molecule has 0 heterocycles. The van der Waals surface area contributed by atoms with Gasteiger partial charge in [-0.05, 0) is 50.3 Å². The van der Waals surface area contributed by atoms with Crippen LogP contribution in [0.3, 0.4) is 0 Å². The largest absolute Gasteiger partial charge is 0.315 e. The lowest BCUT2D eigenvalue weighted by Gasteiger charge is -2.15. The molecule has 96 valence electrons. The lowest BCUT2D eigenvalue weighted by atomic mass is 9.94. The van der Waals surface area contributed by atoms with Crippen molar-refractivity contribution < 1.29 is 0 Å². The van der Waals surface area contributed by atoms with Gasteiger partial charge in [0, 0.05) is 6.04 Å².